The quantitative estimate of drug-likeness (QED) is 0.103. The number of nitrogens with one attached hydrogen (secondary N) is 1. The smallest absolute Gasteiger partial charge is 0.306 e. The van der Waals surface area contributed by atoms with Crippen molar-refractivity contribution in [3.63, 3.8) is 0 Å². The Hall–Kier alpha value is -1.43. The van der Waals surface area contributed by atoms with Gasteiger partial charge in [-0.3, -0.25) is 14.4 Å². The van der Waals surface area contributed by atoms with Crippen LogP contribution in [0.2, 0.25) is 0 Å². The van der Waals surface area contributed by atoms with Gasteiger partial charge in [-0.05, 0) is 33.1 Å². The number of thiocarbonyl (C=S) groups is 1. The summed E-state index contributed by atoms with van der Waals surface area (Å²) in [5.41, 5.74) is -0.326. The average molecular weight is 701 g/mol. The molecule has 11 nitrogen and oxygen atoms in total. The molecule has 1 rings (SSSR count). The van der Waals surface area contributed by atoms with Crippen LogP contribution < -0.4 is 5.32 Å². The highest BCUT2D eigenvalue weighted by Crippen LogP contribution is 2.26. The SMILES string of the molecule is C=S.CCC(=O)OC(C)(C)C.CCCCNC(=O)c1sc(=S)sc1C(=O)N(CCOC)CCOCCOCCOCCOC. The van der Waals surface area contributed by atoms with E-state index in [1.54, 1.807) is 26.0 Å². The van der Waals surface area contributed by atoms with Crippen LogP contribution in [-0.4, -0.2) is 121 Å². The molecule has 1 N–H and O–H groups in total. The van der Waals surface area contributed by atoms with Gasteiger partial charge >= 0.3 is 5.97 Å². The third kappa shape index (κ3) is 23.9. The molecule has 0 saturated carbocycles. The van der Waals surface area contributed by atoms with Crippen molar-refractivity contribution < 1.29 is 42.8 Å². The van der Waals surface area contributed by atoms with Crippen LogP contribution in [0.5, 0.6) is 0 Å². The summed E-state index contributed by atoms with van der Waals surface area (Å²) in [6, 6.07) is 0. The van der Waals surface area contributed by atoms with Gasteiger partial charge in [0.1, 0.15) is 18.5 Å². The second kappa shape index (κ2) is 29.0. The molecule has 256 valence electrons. The number of esters is 1. The number of amides is 2. The highest BCUT2D eigenvalue weighted by atomic mass is 32.2. The van der Waals surface area contributed by atoms with Crippen molar-refractivity contribution in [3.8, 4) is 0 Å². The Morgan fingerprint density at radius 2 is 1.32 bits per heavy atom. The van der Waals surface area contributed by atoms with Gasteiger partial charge in [0.2, 0.25) is 0 Å². The van der Waals surface area contributed by atoms with Crippen molar-refractivity contribution in [1.82, 2.24) is 10.2 Å². The van der Waals surface area contributed by atoms with E-state index in [1.807, 2.05) is 20.8 Å². The third-order valence-electron chi connectivity index (χ3n) is 5.04. The van der Waals surface area contributed by atoms with Crippen LogP contribution in [0.4, 0.5) is 0 Å². The van der Waals surface area contributed by atoms with Crippen LogP contribution in [-0.2, 0) is 33.2 Å². The Kier molecular flexibility index (Phi) is 29.5. The Labute approximate surface area is 281 Å². The van der Waals surface area contributed by atoms with Gasteiger partial charge in [0.05, 0.1) is 52.9 Å². The van der Waals surface area contributed by atoms with Crippen molar-refractivity contribution >= 4 is 70.8 Å². The zero-order chi connectivity index (χ0) is 33.8. The first-order valence-corrected chi connectivity index (χ1v) is 17.1. The first-order valence-electron chi connectivity index (χ1n) is 14.4. The van der Waals surface area contributed by atoms with Gasteiger partial charge in [0.15, 0.2) is 0 Å². The summed E-state index contributed by atoms with van der Waals surface area (Å²) in [6.45, 7) is 14.4. The maximum absolute atomic E-state index is 13.2. The molecule has 0 radical (unpaired) electrons. The lowest BCUT2D eigenvalue weighted by Crippen LogP contribution is -2.37. The van der Waals surface area contributed by atoms with E-state index in [1.165, 1.54) is 22.7 Å². The average Bonchev–Trinajstić information content (AvgIpc) is 3.39. The van der Waals surface area contributed by atoms with E-state index in [-0.39, 0.29) is 23.4 Å². The molecular weight excluding hydrogens is 649 g/mol. The third-order valence-corrected chi connectivity index (χ3v) is 7.68. The topological polar surface area (TPSA) is 122 Å². The van der Waals surface area contributed by atoms with Gasteiger partial charge in [-0.15, -0.1) is 22.7 Å². The van der Waals surface area contributed by atoms with Gasteiger partial charge in [-0.2, -0.15) is 0 Å². The lowest BCUT2D eigenvalue weighted by molar-refractivity contribution is -0.154. The fourth-order valence-corrected chi connectivity index (χ4v) is 5.46. The molecule has 0 fully saturated rings. The second-order valence-corrected chi connectivity index (χ2v) is 13.0. The van der Waals surface area contributed by atoms with Gasteiger partial charge in [0, 0.05) is 40.3 Å². The zero-order valence-electron chi connectivity index (χ0n) is 27.4. The van der Waals surface area contributed by atoms with Crippen LogP contribution >= 0.6 is 47.1 Å². The van der Waals surface area contributed by atoms with Crippen LogP contribution in [0.25, 0.3) is 0 Å². The van der Waals surface area contributed by atoms with Gasteiger partial charge in [-0.25, -0.2) is 0 Å². The Bertz CT molecular complexity index is 952. The van der Waals surface area contributed by atoms with Crippen molar-refractivity contribution in [1.29, 1.82) is 0 Å². The number of unbranched alkanes of at least 4 members (excludes halogenated alkanes) is 1. The number of carbonyl (C=O) groups excluding carboxylic acids is 3. The molecule has 0 saturated heterocycles. The molecule has 1 heterocycles. The van der Waals surface area contributed by atoms with Crippen LogP contribution in [0.3, 0.4) is 0 Å². The molecule has 0 aromatic carbocycles. The molecule has 0 bridgehead atoms. The number of carbonyl (C=O) groups is 3. The van der Waals surface area contributed by atoms with Crippen molar-refractivity contribution in [2.75, 3.05) is 86.7 Å². The summed E-state index contributed by atoms with van der Waals surface area (Å²) >= 11 is 11.4. The highest BCUT2D eigenvalue weighted by Gasteiger charge is 2.25. The fourth-order valence-electron chi connectivity index (χ4n) is 2.96. The van der Waals surface area contributed by atoms with Gasteiger partial charge < -0.3 is 38.6 Å². The van der Waals surface area contributed by atoms with Gasteiger partial charge in [-0.1, -0.05) is 44.7 Å². The Morgan fingerprint density at radius 3 is 1.80 bits per heavy atom. The summed E-state index contributed by atoms with van der Waals surface area (Å²) in [7, 11) is 3.21. The molecule has 1 aromatic rings. The van der Waals surface area contributed by atoms with E-state index in [2.05, 4.69) is 30.3 Å². The van der Waals surface area contributed by atoms with Crippen molar-refractivity contribution in [2.24, 2.45) is 0 Å². The molecular formula is C29H52N2O9S4. The normalized spacial score (nSPS) is 10.6. The maximum atomic E-state index is 13.2. The number of hydrogen-bond donors (Lipinski definition) is 1. The van der Waals surface area contributed by atoms with E-state index in [0.717, 1.165) is 12.8 Å². The predicted octanol–water partition coefficient (Wildman–Crippen LogP) is 5.21. The first kappa shape index (κ1) is 44.7. The molecule has 0 aliphatic rings. The van der Waals surface area contributed by atoms with Crippen LogP contribution in [0, 0.1) is 3.14 Å². The summed E-state index contributed by atoms with van der Waals surface area (Å²) in [5, 5.41) is 2.86. The number of nitrogens with zero attached hydrogens (tertiary/aromatic N) is 1. The highest BCUT2D eigenvalue weighted by molar-refractivity contribution is 7.77. The van der Waals surface area contributed by atoms with E-state index in [4.69, 9.17) is 40.6 Å². The van der Waals surface area contributed by atoms with Crippen molar-refractivity contribution in [3.05, 3.63) is 12.9 Å². The summed E-state index contributed by atoms with van der Waals surface area (Å²) in [4.78, 5) is 38.7. The molecule has 1 aromatic heterocycles. The van der Waals surface area contributed by atoms with E-state index < -0.39 is 0 Å². The van der Waals surface area contributed by atoms with E-state index in [0.29, 0.717) is 91.8 Å². The first-order chi connectivity index (χ1) is 21.0. The lowest BCUT2D eigenvalue weighted by Gasteiger charge is -2.22. The van der Waals surface area contributed by atoms with E-state index in [9.17, 15) is 14.4 Å². The minimum Gasteiger partial charge on any atom is -0.460 e. The molecule has 0 unspecified atom stereocenters. The van der Waals surface area contributed by atoms with Crippen molar-refractivity contribution in [2.45, 2.75) is 59.5 Å². The molecule has 2 amide bonds. The Balaban J connectivity index is 0. The van der Waals surface area contributed by atoms with Crippen LogP contribution in [0.15, 0.2) is 0 Å². The molecule has 0 spiro atoms. The monoisotopic (exact) mass is 700 g/mol. The molecule has 0 atom stereocenters. The summed E-state index contributed by atoms with van der Waals surface area (Å²) < 4.78 is 31.9. The summed E-state index contributed by atoms with van der Waals surface area (Å²) in [5.74, 6) is 2.20. The second-order valence-electron chi connectivity index (χ2n) is 9.78. The minimum absolute atomic E-state index is 0.137. The number of ether oxygens (including phenoxy) is 6. The Morgan fingerprint density at radius 1 is 0.818 bits per heavy atom. The molecule has 0 aliphatic carbocycles. The minimum atomic E-state index is -0.326. The standard InChI is InChI=1S/C21H36N2O7S3.C7H14O2.CH2S/c1-4-5-6-22-19(24)17-18(33-21(31)32-17)20(25)23(7-9-26-2)8-10-28-13-14-30-16-15-29-12-11-27-3;1-5-6(8)9-7(2,3)4;1-2/h4-16H2,1-3H3,(H,22,24);5H2,1-4H3;1H2. The molecule has 44 heavy (non-hydrogen) atoms. The summed E-state index contributed by atoms with van der Waals surface area (Å²) in [6.07, 6.45) is 2.31. The number of methoxy groups -OCH3 is 2. The fraction of sp³-hybridized carbons (Fsp3) is 0.759. The molecule has 0 aliphatic heterocycles. The maximum Gasteiger partial charge on any atom is 0.306 e. The largest absolute Gasteiger partial charge is 0.460 e. The molecule has 15 heteroatoms. The predicted molar refractivity (Wildman–Crippen MR) is 183 cm³/mol. The van der Waals surface area contributed by atoms with Crippen LogP contribution in [0.1, 0.15) is 73.2 Å². The number of rotatable bonds is 21. The van der Waals surface area contributed by atoms with E-state index >= 15 is 0 Å². The van der Waals surface area contributed by atoms with Gasteiger partial charge in [0.25, 0.3) is 11.8 Å². The lowest BCUT2D eigenvalue weighted by atomic mass is 10.2. The number of hydrogen-bond acceptors (Lipinski definition) is 13. The zero-order valence-corrected chi connectivity index (χ0v) is 30.6.